The van der Waals surface area contributed by atoms with Gasteiger partial charge in [0.1, 0.15) is 0 Å². The lowest BCUT2D eigenvalue weighted by molar-refractivity contribution is 0.428. The Labute approximate surface area is 111 Å². The number of rotatable bonds is 4. The molecule has 5 heteroatoms. The third-order valence-corrected chi connectivity index (χ3v) is 3.79. The van der Waals surface area contributed by atoms with E-state index < -0.39 is 0 Å². The fourth-order valence-electron chi connectivity index (χ4n) is 1.62. The number of hydrogen-bond acceptors (Lipinski definition) is 5. The van der Waals surface area contributed by atoms with Gasteiger partial charge in [-0.05, 0) is 12.5 Å². The number of nitrogens with two attached hydrogens (primary N) is 1. The molecule has 2 atom stereocenters. The molecule has 1 heterocycles. The highest BCUT2D eigenvalue weighted by Crippen LogP contribution is 2.29. The molecule has 0 aliphatic heterocycles. The van der Waals surface area contributed by atoms with Crippen LogP contribution >= 0.6 is 11.8 Å². The van der Waals surface area contributed by atoms with Crippen LogP contribution in [-0.2, 0) is 0 Å². The first-order valence-electron chi connectivity index (χ1n) is 5.85. The number of benzene rings is 1. The highest BCUT2D eigenvalue weighted by Gasteiger charge is 2.18. The zero-order chi connectivity index (χ0) is 13.1. The number of aryl methyl sites for hydroxylation is 2. The van der Waals surface area contributed by atoms with Crippen molar-refractivity contribution in [1.82, 2.24) is 10.2 Å². The first-order valence-corrected chi connectivity index (χ1v) is 6.73. The smallest absolute Gasteiger partial charge is 0.276 e. The Morgan fingerprint density at radius 1 is 1.17 bits per heavy atom. The molecule has 1 aromatic carbocycles. The normalized spacial score (nSPS) is 14.4. The van der Waals surface area contributed by atoms with Crippen LogP contribution in [0, 0.1) is 13.8 Å². The predicted molar refractivity (Wildman–Crippen MR) is 72.5 cm³/mol. The molecule has 96 valence electrons. The van der Waals surface area contributed by atoms with Crippen molar-refractivity contribution in [2.45, 2.75) is 37.3 Å². The summed E-state index contributed by atoms with van der Waals surface area (Å²) in [5.74, 6) is 0.577. The van der Waals surface area contributed by atoms with Crippen molar-refractivity contribution in [3.05, 3.63) is 41.3 Å². The van der Waals surface area contributed by atoms with Crippen LogP contribution in [0.4, 0.5) is 0 Å². The van der Waals surface area contributed by atoms with Crippen molar-refractivity contribution in [2.75, 3.05) is 0 Å². The minimum Gasteiger partial charge on any atom is -0.416 e. The van der Waals surface area contributed by atoms with Crippen molar-refractivity contribution in [1.29, 1.82) is 0 Å². The Kier molecular flexibility index (Phi) is 4.04. The van der Waals surface area contributed by atoms with Crippen LogP contribution in [0.3, 0.4) is 0 Å². The van der Waals surface area contributed by atoms with Crippen molar-refractivity contribution >= 4 is 11.8 Å². The molecular formula is C13H17N3OS. The molecule has 2 unspecified atom stereocenters. The Bertz CT molecular complexity index is 509. The van der Waals surface area contributed by atoms with Gasteiger partial charge in [0.15, 0.2) is 0 Å². The monoisotopic (exact) mass is 263 g/mol. The Morgan fingerprint density at radius 3 is 2.39 bits per heavy atom. The Balaban J connectivity index is 2.04. The number of nitrogens with zero attached hydrogens (tertiary/aromatic N) is 2. The molecule has 0 aliphatic carbocycles. The van der Waals surface area contributed by atoms with E-state index in [4.69, 9.17) is 10.2 Å². The van der Waals surface area contributed by atoms with E-state index in [2.05, 4.69) is 48.3 Å². The molecule has 18 heavy (non-hydrogen) atoms. The van der Waals surface area contributed by atoms with E-state index in [1.807, 2.05) is 0 Å². The van der Waals surface area contributed by atoms with Crippen molar-refractivity contribution < 1.29 is 4.42 Å². The molecule has 1 aromatic heterocycles. The van der Waals surface area contributed by atoms with Crippen LogP contribution in [0.25, 0.3) is 0 Å². The summed E-state index contributed by atoms with van der Waals surface area (Å²) in [7, 11) is 0. The second kappa shape index (κ2) is 5.54. The molecule has 0 saturated carbocycles. The fourth-order valence-corrected chi connectivity index (χ4v) is 2.50. The minimum atomic E-state index is -0.0530. The summed E-state index contributed by atoms with van der Waals surface area (Å²) in [5.41, 5.74) is 8.59. The van der Waals surface area contributed by atoms with Crippen molar-refractivity contribution in [3.8, 4) is 0 Å². The topological polar surface area (TPSA) is 64.9 Å². The average Bonchev–Trinajstić information content (AvgIpc) is 2.75. The molecule has 4 nitrogen and oxygen atoms in total. The summed E-state index contributed by atoms with van der Waals surface area (Å²) in [6.45, 7) is 5.91. The summed E-state index contributed by atoms with van der Waals surface area (Å²) >= 11 is 1.51. The minimum absolute atomic E-state index is 0.0530. The van der Waals surface area contributed by atoms with Crippen LogP contribution in [0.2, 0.25) is 0 Å². The third-order valence-electron chi connectivity index (χ3n) is 2.76. The van der Waals surface area contributed by atoms with E-state index in [1.54, 1.807) is 6.92 Å². The van der Waals surface area contributed by atoms with Gasteiger partial charge in [-0.3, -0.25) is 0 Å². The molecule has 2 aromatic rings. The molecular weight excluding hydrogens is 246 g/mol. The van der Waals surface area contributed by atoms with Gasteiger partial charge in [-0.1, -0.05) is 48.5 Å². The van der Waals surface area contributed by atoms with E-state index in [1.165, 1.54) is 17.3 Å². The maximum atomic E-state index is 6.23. The van der Waals surface area contributed by atoms with Crippen molar-refractivity contribution in [2.24, 2.45) is 5.73 Å². The van der Waals surface area contributed by atoms with Gasteiger partial charge >= 0.3 is 0 Å². The van der Waals surface area contributed by atoms with Crippen LogP contribution < -0.4 is 5.73 Å². The molecule has 0 saturated heterocycles. The van der Waals surface area contributed by atoms with E-state index in [9.17, 15) is 0 Å². The van der Waals surface area contributed by atoms with E-state index >= 15 is 0 Å². The first-order chi connectivity index (χ1) is 8.56. The van der Waals surface area contributed by atoms with Gasteiger partial charge in [-0.15, -0.1) is 10.2 Å². The van der Waals surface area contributed by atoms with Crippen LogP contribution in [0.1, 0.15) is 30.0 Å². The fraction of sp³-hybridized carbons (Fsp3) is 0.385. The summed E-state index contributed by atoms with van der Waals surface area (Å²) in [6, 6.07) is 8.22. The van der Waals surface area contributed by atoms with E-state index in [0.29, 0.717) is 11.1 Å². The third kappa shape index (κ3) is 3.11. The van der Waals surface area contributed by atoms with Crippen LogP contribution in [0.5, 0.6) is 0 Å². The molecule has 2 rings (SSSR count). The quantitative estimate of drug-likeness (QED) is 0.859. The Hall–Kier alpha value is -1.33. The summed E-state index contributed by atoms with van der Waals surface area (Å²) in [5, 5.41) is 8.52. The average molecular weight is 263 g/mol. The Morgan fingerprint density at radius 2 is 1.83 bits per heavy atom. The SMILES string of the molecule is Cc1ccc(C(N)C(C)Sc2nnc(C)o2)cc1. The predicted octanol–water partition coefficient (Wildman–Crippen LogP) is 2.87. The van der Waals surface area contributed by atoms with Gasteiger partial charge in [0.2, 0.25) is 5.89 Å². The standard InChI is InChI=1S/C13H17N3OS/c1-8-4-6-11(7-5-8)12(14)9(2)18-13-16-15-10(3)17-13/h4-7,9,12H,14H2,1-3H3. The number of hydrogen-bond donors (Lipinski definition) is 1. The van der Waals surface area contributed by atoms with Gasteiger partial charge < -0.3 is 10.2 Å². The van der Waals surface area contributed by atoms with Crippen molar-refractivity contribution in [3.63, 3.8) is 0 Å². The molecule has 0 spiro atoms. The van der Waals surface area contributed by atoms with Crippen LogP contribution in [-0.4, -0.2) is 15.4 Å². The lowest BCUT2D eigenvalue weighted by Gasteiger charge is -2.18. The summed E-state index contributed by atoms with van der Waals surface area (Å²) in [6.07, 6.45) is 0. The second-order valence-corrected chi connectivity index (χ2v) is 5.67. The molecule has 2 N–H and O–H groups in total. The summed E-state index contributed by atoms with van der Waals surface area (Å²) in [4.78, 5) is 0. The lowest BCUT2D eigenvalue weighted by atomic mass is 10.0. The molecule has 0 aliphatic rings. The molecule has 0 bridgehead atoms. The van der Waals surface area contributed by atoms with E-state index in [0.717, 1.165) is 5.56 Å². The maximum absolute atomic E-state index is 6.23. The number of thioether (sulfide) groups is 1. The van der Waals surface area contributed by atoms with Gasteiger partial charge in [0.05, 0.1) is 0 Å². The zero-order valence-electron chi connectivity index (χ0n) is 10.8. The number of aromatic nitrogens is 2. The lowest BCUT2D eigenvalue weighted by Crippen LogP contribution is -2.21. The maximum Gasteiger partial charge on any atom is 0.276 e. The second-order valence-electron chi connectivity index (χ2n) is 4.35. The van der Waals surface area contributed by atoms with Gasteiger partial charge in [-0.25, -0.2) is 0 Å². The van der Waals surface area contributed by atoms with Gasteiger partial charge in [-0.2, -0.15) is 0 Å². The van der Waals surface area contributed by atoms with E-state index in [-0.39, 0.29) is 11.3 Å². The highest BCUT2D eigenvalue weighted by atomic mass is 32.2. The highest BCUT2D eigenvalue weighted by molar-refractivity contribution is 7.99. The summed E-state index contributed by atoms with van der Waals surface area (Å²) < 4.78 is 5.34. The van der Waals surface area contributed by atoms with Gasteiger partial charge in [0.25, 0.3) is 5.22 Å². The molecule has 0 fully saturated rings. The molecule has 0 amide bonds. The largest absolute Gasteiger partial charge is 0.416 e. The first kappa shape index (κ1) is 13.1. The van der Waals surface area contributed by atoms with Crippen LogP contribution in [0.15, 0.2) is 33.9 Å². The van der Waals surface area contributed by atoms with Gasteiger partial charge in [0, 0.05) is 18.2 Å². The molecule has 0 radical (unpaired) electrons. The zero-order valence-corrected chi connectivity index (χ0v) is 11.6.